The van der Waals surface area contributed by atoms with Gasteiger partial charge in [0.2, 0.25) is 5.91 Å². The van der Waals surface area contributed by atoms with Crippen molar-refractivity contribution in [2.75, 3.05) is 13.1 Å². The molecule has 0 spiro atoms. The summed E-state index contributed by atoms with van der Waals surface area (Å²) in [5.74, 6) is -0.589. The maximum absolute atomic E-state index is 13.3. The summed E-state index contributed by atoms with van der Waals surface area (Å²) in [6.45, 7) is 3.07. The first kappa shape index (κ1) is 20.1. The van der Waals surface area contributed by atoms with E-state index < -0.39 is 5.82 Å². The van der Waals surface area contributed by atoms with Crippen molar-refractivity contribution >= 4 is 11.8 Å². The molecule has 1 atom stereocenters. The maximum Gasteiger partial charge on any atom is 0.253 e. The molecule has 0 bridgehead atoms. The highest BCUT2D eigenvalue weighted by Gasteiger charge is 2.28. The van der Waals surface area contributed by atoms with Gasteiger partial charge in [0.05, 0.1) is 0 Å². The second kappa shape index (κ2) is 9.49. The molecule has 1 saturated heterocycles. The first-order chi connectivity index (χ1) is 13.5. The molecule has 0 saturated carbocycles. The average molecular weight is 382 g/mol. The smallest absolute Gasteiger partial charge is 0.253 e. The van der Waals surface area contributed by atoms with Gasteiger partial charge >= 0.3 is 0 Å². The van der Waals surface area contributed by atoms with Gasteiger partial charge in [-0.1, -0.05) is 36.4 Å². The van der Waals surface area contributed by atoms with Crippen LogP contribution in [-0.4, -0.2) is 35.8 Å². The molecule has 0 aliphatic carbocycles. The number of likely N-dealkylation sites (tertiary alicyclic amines) is 1. The number of rotatable bonds is 6. The van der Waals surface area contributed by atoms with E-state index >= 15 is 0 Å². The van der Waals surface area contributed by atoms with Gasteiger partial charge in [0.1, 0.15) is 5.82 Å². The number of halogens is 1. The molecule has 1 aliphatic heterocycles. The molecular formula is C23H27FN2O2. The van der Waals surface area contributed by atoms with Crippen LogP contribution in [0.5, 0.6) is 0 Å². The lowest BCUT2D eigenvalue weighted by atomic mass is 9.94. The van der Waals surface area contributed by atoms with E-state index in [-0.39, 0.29) is 23.8 Å². The highest BCUT2D eigenvalue weighted by molar-refractivity contribution is 5.94. The first-order valence-electron chi connectivity index (χ1n) is 9.92. The van der Waals surface area contributed by atoms with Crippen LogP contribution in [0.25, 0.3) is 0 Å². The normalized spacial score (nSPS) is 15.9. The molecule has 1 aliphatic rings. The minimum absolute atomic E-state index is 0.0680. The summed E-state index contributed by atoms with van der Waals surface area (Å²) in [5.41, 5.74) is 1.63. The van der Waals surface area contributed by atoms with Crippen LogP contribution in [0.2, 0.25) is 0 Å². The van der Waals surface area contributed by atoms with E-state index in [0.717, 1.165) is 12.8 Å². The Hall–Kier alpha value is -2.69. The summed E-state index contributed by atoms with van der Waals surface area (Å²) in [6.07, 6.45) is 3.10. The summed E-state index contributed by atoms with van der Waals surface area (Å²) in [7, 11) is 0. The minimum atomic E-state index is -0.412. The number of amides is 2. The zero-order valence-electron chi connectivity index (χ0n) is 16.2. The van der Waals surface area contributed by atoms with Crippen LogP contribution in [0.4, 0.5) is 4.39 Å². The summed E-state index contributed by atoms with van der Waals surface area (Å²) in [5, 5.41) is 3.11. The fraction of sp³-hybridized carbons (Fsp3) is 0.391. The summed E-state index contributed by atoms with van der Waals surface area (Å²) >= 11 is 0. The van der Waals surface area contributed by atoms with Crippen molar-refractivity contribution in [2.24, 2.45) is 5.92 Å². The third-order valence-corrected chi connectivity index (χ3v) is 5.32. The predicted octanol–water partition coefficient (Wildman–Crippen LogP) is 3.82. The number of aryl methyl sites for hydroxylation is 1. The number of piperidine rings is 1. The molecule has 1 fully saturated rings. The number of carbonyl (C=O) groups is 2. The van der Waals surface area contributed by atoms with Gasteiger partial charge in [-0.3, -0.25) is 9.59 Å². The Balaban J connectivity index is 1.43. The van der Waals surface area contributed by atoms with Gasteiger partial charge in [-0.2, -0.15) is 0 Å². The van der Waals surface area contributed by atoms with Crippen LogP contribution >= 0.6 is 0 Å². The number of nitrogens with one attached hydrogen (secondary N) is 1. The Morgan fingerprint density at radius 3 is 2.50 bits per heavy atom. The van der Waals surface area contributed by atoms with Crippen molar-refractivity contribution in [1.82, 2.24) is 10.2 Å². The van der Waals surface area contributed by atoms with Crippen molar-refractivity contribution in [3.05, 3.63) is 71.5 Å². The van der Waals surface area contributed by atoms with E-state index in [0.29, 0.717) is 31.5 Å². The van der Waals surface area contributed by atoms with Crippen LogP contribution in [0.3, 0.4) is 0 Å². The summed E-state index contributed by atoms with van der Waals surface area (Å²) in [4.78, 5) is 26.7. The number of carbonyl (C=O) groups excluding carboxylic acids is 2. The molecule has 1 unspecified atom stereocenters. The Kier molecular flexibility index (Phi) is 6.80. The Morgan fingerprint density at radius 2 is 1.82 bits per heavy atom. The largest absolute Gasteiger partial charge is 0.353 e. The fourth-order valence-electron chi connectivity index (χ4n) is 3.61. The molecule has 2 amide bonds. The van der Waals surface area contributed by atoms with E-state index in [9.17, 15) is 14.0 Å². The van der Waals surface area contributed by atoms with Gasteiger partial charge in [0.15, 0.2) is 0 Å². The van der Waals surface area contributed by atoms with Gasteiger partial charge in [0, 0.05) is 30.6 Å². The van der Waals surface area contributed by atoms with Gasteiger partial charge < -0.3 is 10.2 Å². The number of hydrogen-bond acceptors (Lipinski definition) is 2. The van der Waals surface area contributed by atoms with Gasteiger partial charge in [-0.25, -0.2) is 4.39 Å². The molecule has 1 N–H and O–H groups in total. The first-order valence-corrected chi connectivity index (χ1v) is 9.92. The minimum Gasteiger partial charge on any atom is -0.353 e. The van der Waals surface area contributed by atoms with Crippen LogP contribution in [0.15, 0.2) is 54.6 Å². The number of nitrogens with zero attached hydrogens (tertiary/aromatic N) is 1. The van der Waals surface area contributed by atoms with Gasteiger partial charge in [-0.15, -0.1) is 0 Å². The van der Waals surface area contributed by atoms with Crippen molar-refractivity contribution in [3.8, 4) is 0 Å². The highest BCUT2D eigenvalue weighted by Crippen LogP contribution is 2.20. The predicted molar refractivity (Wildman–Crippen MR) is 107 cm³/mol. The van der Waals surface area contributed by atoms with E-state index in [1.807, 2.05) is 25.1 Å². The van der Waals surface area contributed by atoms with E-state index in [2.05, 4.69) is 17.4 Å². The van der Waals surface area contributed by atoms with E-state index in [1.165, 1.54) is 17.7 Å². The average Bonchev–Trinajstić information content (AvgIpc) is 2.72. The molecule has 3 rings (SSSR count). The lowest BCUT2D eigenvalue weighted by Crippen LogP contribution is -2.44. The van der Waals surface area contributed by atoms with Crippen LogP contribution in [0.1, 0.15) is 42.1 Å². The SMILES string of the molecule is CC(CCc1ccccc1)NC(=O)C1CCN(C(=O)c2cccc(F)c2)CC1. The van der Waals surface area contributed by atoms with E-state index in [1.54, 1.807) is 17.0 Å². The summed E-state index contributed by atoms with van der Waals surface area (Å²) < 4.78 is 13.3. The Labute approximate surface area is 165 Å². The zero-order chi connectivity index (χ0) is 19.9. The van der Waals surface area contributed by atoms with Gasteiger partial charge in [0.25, 0.3) is 5.91 Å². The van der Waals surface area contributed by atoms with Crippen molar-refractivity contribution in [2.45, 2.75) is 38.6 Å². The third-order valence-electron chi connectivity index (χ3n) is 5.32. The lowest BCUT2D eigenvalue weighted by Gasteiger charge is -2.32. The van der Waals surface area contributed by atoms with Crippen LogP contribution in [-0.2, 0) is 11.2 Å². The van der Waals surface area contributed by atoms with Gasteiger partial charge in [-0.05, 0) is 56.4 Å². The fourth-order valence-corrected chi connectivity index (χ4v) is 3.61. The van der Waals surface area contributed by atoms with Crippen molar-refractivity contribution in [1.29, 1.82) is 0 Å². The highest BCUT2D eigenvalue weighted by atomic mass is 19.1. The third kappa shape index (κ3) is 5.41. The van der Waals surface area contributed by atoms with Crippen LogP contribution < -0.4 is 5.32 Å². The quantitative estimate of drug-likeness (QED) is 0.826. The number of benzene rings is 2. The Bertz CT molecular complexity index is 801. The molecule has 5 heteroatoms. The molecule has 0 aromatic heterocycles. The lowest BCUT2D eigenvalue weighted by molar-refractivity contribution is -0.126. The number of hydrogen-bond donors (Lipinski definition) is 1. The van der Waals surface area contributed by atoms with Crippen molar-refractivity contribution in [3.63, 3.8) is 0 Å². The topological polar surface area (TPSA) is 49.4 Å². The van der Waals surface area contributed by atoms with Crippen molar-refractivity contribution < 1.29 is 14.0 Å². The Morgan fingerprint density at radius 1 is 1.11 bits per heavy atom. The van der Waals surface area contributed by atoms with E-state index in [4.69, 9.17) is 0 Å². The monoisotopic (exact) mass is 382 g/mol. The maximum atomic E-state index is 13.3. The molecule has 2 aromatic rings. The molecular weight excluding hydrogens is 355 g/mol. The molecule has 148 valence electrons. The second-order valence-corrected chi connectivity index (χ2v) is 7.51. The standard InChI is InChI=1S/C23H27FN2O2/c1-17(10-11-18-6-3-2-4-7-18)25-22(27)19-12-14-26(15-13-19)23(28)20-8-5-9-21(24)16-20/h2-9,16-17,19H,10-15H2,1H3,(H,25,27). The molecule has 4 nitrogen and oxygen atoms in total. The summed E-state index contributed by atoms with van der Waals surface area (Å²) in [6, 6.07) is 16.1. The molecule has 0 radical (unpaired) electrons. The zero-order valence-corrected chi connectivity index (χ0v) is 16.2. The second-order valence-electron chi connectivity index (χ2n) is 7.51. The molecule has 28 heavy (non-hydrogen) atoms. The molecule has 2 aromatic carbocycles. The van der Waals surface area contributed by atoms with Crippen LogP contribution in [0, 0.1) is 11.7 Å². The molecule has 1 heterocycles.